The zero-order valence-corrected chi connectivity index (χ0v) is 17.9. The first-order valence-electron chi connectivity index (χ1n) is 10.1. The van der Waals surface area contributed by atoms with Crippen molar-refractivity contribution in [2.75, 3.05) is 16.0 Å². The van der Waals surface area contributed by atoms with Gasteiger partial charge < -0.3 is 5.32 Å². The van der Waals surface area contributed by atoms with Crippen molar-refractivity contribution in [3.63, 3.8) is 0 Å². The highest BCUT2D eigenvalue weighted by Crippen LogP contribution is 2.42. The van der Waals surface area contributed by atoms with Crippen molar-refractivity contribution < 1.29 is 9.59 Å². The van der Waals surface area contributed by atoms with E-state index in [-0.39, 0.29) is 17.2 Å². The third-order valence-corrected chi connectivity index (χ3v) is 6.41. The molecule has 3 aromatic carbocycles. The van der Waals surface area contributed by atoms with Crippen LogP contribution in [-0.4, -0.2) is 17.6 Å². The maximum atomic E-state index is 12.6. The molecule has 1 unspecified atom stereocenters. The maximum Gasteiger partial charge on any atom is 0.255 e. The van der Waals surface area contributed by atoms with Crippen LogP contribution in [0.4, 0.5) is 11.4 Å². The summed E-state index contributed by atoms with van der Waals surface area (Å²) in [6.07, 6.45) is 0.944. The lowest BCUT2D eigenvalue weighted by atomic mass is 10.1. The van der Waals surface area contributed by atoms with Crippen molar-refractivity contribution in [1.82, 2.24) is 0 Å². The van der Waals surface area contributed by atoms with Gasteiger partial charge >= 0.3 is 0 Å². The lowest BCUT2D eigenvalue weighted by Crippen LogP contribution is -2.27. The SMILES string of the molecule is CCc1ccc(C(=O)Nc2cccc(C3SCC(=O)N3c3cccc(C)c3)c2)cc1. The van der Waals surface area contributed by atoms with Gasteiger partial charge in [-0.15, -0.1) is 11.8 Å². The Morgan fingerprint density at radius 3 is 2.57 bits per heavy atom. The highest BCUT2D eigenvalue weighted by molar-refractivity contribution is 8.00. The number of amides is 2. The van der Waals surface area contributed by atoms with E-state index in [1.165, 1.54) is 5.56 Å². The third kappa shape index (κ3) is 4.26. The number of nitrogens with zero attached hydrogens (tertiary/aromatic N) is 1. The van der Waals surface area contributed by atoms with Crippen LogP contribution in [0.15, 0.2) is 72.8 Å². The van der Waals surface area contributed by atoms with Crippen LogP contribution in [0.5, 0.6) is 0 Å². The van der Waals surface area contributed by atoms with Crippen LogP contribution in [0, 0.1) is 6.92 Å². The van der Waals surface area contributed by atoms with Crippen molar-refractivity contribution in [2.24, 2.45) is 0 Å². The molecule has 1 atom stereocenters. The topological polar surface area (TPSA) is 49.4 Å². The molecule has 1 fully saturated rings. The Morgan fingerprint density at radius 2 is 1.83 bits per heavy atom. The Bertz CT molecular complexity index is 1080. The number of carbonyl (C=O) groups excluding carboxylic acids is 2. The molecule has 1 heterocycles. The maximum absolute atomic E-state index is 12.6. The van der Waals surface area contributed by atoms with E-state index in [1.807, 2.05) is 84.6 Å². The molecule has 0 aromatic heterocycles. The lowest BCUT2D eigenvalue weighted by molar-refractivity contribution is -0.115. The van der Waals surface area contributed by atoms with Gasteiger partial charge in [0.2, 0.25) is 5.91 Å². The van der Waals surface area contributed by atoms with Gasteiger partial charge in [0, 0.05) is 16.9 Å². The standard InChI is InChI=1S/C25H24N2O2S/c1-3-18-10-12-19(13-11-18)24(29)26-21-8-5-7-20(15-21)25-27(23(28)16-30-25)22-9-4-6-17(2)14-22/h4-15,25H,3,16H2,1-2H3,(H,26,29). The number of carbonyl (C=O) groups is 2. The molecule has 1 saturated heterocycles. The minimum Gasteiger partial charge on any atom is -0.322 e. The van der Waals surface area contributed by atoms with E-state index in [2.05, 4.69) is 12.2 Å². The highest BCUT2D eigenvalue weighted by Gasteiger charge is 2.34. The first-order valence-corrected chi connectivity index (χ1v) is 11.1. The summed E-state index contributed by atoms with van der Waals surface area (Å²) >= 11 is 1.60. The smallest absolute Gasteiger partial charge is 0.255 e. The van der Waals surface area contributed by atoms with Crippen LogP contribution in [0.2, 0.25) is 0 Å². The van der Waals surface area contributed by atoms with Gasteiger partial charge in [0.25, 0.3) is 5.91 Å². The van der Waals surface area contributed by atoms with E-state index in [1.54, 1.807) is 11.8 Å². The predicted octanol–water partition coefficient (Wildman–Crippen LogP) is 5.59. The van der Waals surface area contributed by atoms with Crippen molar-refractivity contribution in [1.29, 1.82) is 0 Å². The predicted molar refractivity (Wildman–Crippen MR) is 124 cm³/mol. The molecule has 30 heavy (non-hydrogen) atoms. The van der Waals surface area contributed by atoms with Gasteiger partial charge in [-0.05, 0) is 66.4 Å². The Kier molecular flexibility index (Phi) is 5.91. The molecule has 5 heteroatoms. The van der Waals surface area contributed by atoms with Crippen LogP contribution < -0.4 is 10.2 Å². The number of rotatable bonds is 5. The molecular formula is C25H24N2O2S. The van der Waals surface area contributed by atoms with Crippen LogP contribution >= 0.6 is 11.8 Å². The molecule has 1 N–H and O–H groups in total. The molecule has 0 spiro atoms. The Labute approximate surface area is 181 Å². The van der Waals surface area contributed by atoms with Gasteiger partial charge in [-0.25, -0.2) is 0 Å². The van der Waals surface area contributed by atoms with Gasteiger partial charge in [-0.1, -0.05) is 43.3 Å². The van der Waals surface area contributed by atoms with Gasteiger partial charge in [0.05, 0.1) is 5.75 Å². The lowest BCUT2D eigenvalue weighted by Gasteiger charge is -2.25. The Hall–Kier alpha value is -3.05. The number of anilines is 2. The minimum atomic E-state index is -0.138. The van der Waals surface area contributed by atoms with E-state index in [0.29, 0.717) is 11.3 Å². The summed E-state index contributed by atoms with van der Waals surface area (Å²) in [6, 6.07) is 23.4. The second-order valence-corrected chi connectivity index (χ2v) is 8.46. The van der Waals surface area contributed by atoms with Gasteiger partial charge in [0.15, 0.2) is 0 Å². The van der Waals surface area contributed by atoms with E-state index >= 15 is 0 Å². The first-order chi connectivity index (χ1) is 14.5. The molecule has 0 saturated carbocycles. The van der Waals surface area contributed by atoms with Crippen molar-refractivity contribution in [3.05, 3.63) is 95.1 Å². The van der Waals surface area contributed by atoms with Crippen LogP contribution in [-0.2, 0) is 11.2 Å². The Morgan fingerprint density at radius 1 is 1.07 bits per heavy atom. The van der Waals surface area contributed by atoms with Gasteiger partial charge in [0.1, 0.15) is 5.37 Å². The highest BCUT2D eigenvalue weighted by atomic mass is 32.2. The summed E-state index contributed by atoms with van der Waals surface area (Å²) in [5.74, 6) is 0.403. The third-order valence-electron chi connectivity index (χ3n) is 5.20. The number of hydrogen-bond donors (Lipinski definition) is 1. The summed E-state index contributed by atoms with van der Waals surface area (Å²) in [5.41, 5.74) is 5.57. The number of nitrogens with one attached hydrogen (secondary N) is 1. The van der Waals surface area contributed by atoms with Gasteiger partial charge in [-0.3, -0.25) is 14.5 Å². The largest absolute Gasteiger partial charge is 0.322 e. The summed E-state index contributed by atoms with van der Waals surface area (Å²) < 4.78 is 0. The molecule has 4 rings (SSSR count). The fourth-order valence-electron chi connectivity index (χ4n) is 3.59. The molecule has 152 valence electrons. The molecule has 2 amide bonds. The zero-order valence-electron chi connectivity index (χ0n) is 17.1. The first kappa shape index (κ1) is 20.2. The van der Waals surface area contributed by atoms with E-state index in [9.17, 15) is 9.59 Å². The van der Waals surface area contributed by atoms with E-state index in [0.717, 1.165) is 28.9 Å². The molecule has 1 aliphatic rings. The normalized spacial score (nSPS) is 16.0. The molecule has 0 bridgehead atoms. The molecule has 0 radical (unpaired) electrons. The monoisotopic (exact) mass is 416 g/mol. The number of hydrogen-bond acceptors (Lipinski definition) is 3. The summed E-state index contributed by atoms with van der Waals surface area (Å²) in [5, 5.41) is 2.87. The average Bonchev–Trinajstić information content (AvgIpc) is 3.15. The van der Waals surface area contributed by atoms with E-state index < -0.39 is 0 Å². The molecule has 4 nitrogen and oxygen atoms in total. The second-order valence-electron chi connectivity index (χ2n) is 7.40. The fraction of sp³-hybridized carbons (Fsp3) is 0.200. The van der Waals surface area contributed by atoms with Crippen molar-refractivity contribution in [2.45, 2.75) is 25.6 Å². The quantitative estimate of drug-likeness (QED) is 0.590. The van der Waals surface area contributed by atoms with Crippen LogP contribution in [0.25, 0.3) is 0 Å². The summed E-state index contributed by atoms with van der Waals surface area (Å²) in [4.78, 5) is 27.1. The van der Waals surface area contributed by atoms with Gasteiger partial charge in [-0.2, -0.15) is 0 Å². The minimum absolute atomic E-state index is 0.0982. The van der Waals surface area contributed by atoms with Crippen molar-refractivity contribution >= 4 is 35.0 Å². The average molecular weight is 417 g/mol. The Balaban J connectivity index is 1.56. The van der Waals surface area contributed by atoms with Crippen molar-refractivity contribution in [3.8, 4) is 0 Å². The number of thioether (sulfide) groups is 1. The molecule has 3 aromatic rings. The second kappa shape index (κ2) is 8.76. The fourth-order valence-corrected chi connectivity index (χ4v) is 4.76. The van der Waals surface area contributed by atoms with Crippen LogP contribution in [0.1, 0.15) is 39.3 Å². The zero-order chi connectivity index (χ0) is 21.1. The summed E-state index contributed by atoms with van der Waals surface area (Å²) in [7, 11) is 0. The summed E-state index contributed by atoms with van der Waals surface area (Å²) in [6.45, 7) is 4.11. The number of benzene rings is 3. The number of aryl methyl sites for hydroxylation is 2. The van der Waals surface area contributed by atoms with E-state index in [4.69, 9.17) is 0 Å². The molecular weight excluding hydrogens is 392 g/mol. The van der Waals surface area contributed by atoms with Crippen LogP contribution in [0.3, 0.4) is 0 Å². The molecule has 0 aliphatic carbocycles. The molecule has 1 aliphatic heterocycles.